The Bertz CT molecular complexity index is 655. The van der Waals surface area contributed by atoms with Gasteiger partial charge in [-0.3, -0.25) is 25.3 Å². The fourth-order valence-corrected chi connectivity index (χ4v) is 6.45. The van der Waals surface area contributed by atoms with Crippen LogP contribution >= 0.6 is 0 Å². The Morgan fingerprint density at radius 1 is 0.654 bits per heavy atom. The minimum absolute atomic E-state index is 0. The van der Waals surface area contributed by atoms with E-state index in [4.69, 9.17) is 5.11 Å². The summed E-state index contributed by atoms with van der Waals surface area (Å²) in [7, 11) is -24.1. The van der Waals surface area contributed by atoms with E-state index in [0.29, 0.717) is 0 Å². The van der Waals surface area contributed by atoms with Crippen molar-refractivity contribution in [3.8, 4) is 0 Å². The summed E-state index contributed by atoms with van der Waals surface area (Å²) in [4.78, 5) is 0. The Morgan fingerprint density at radius 2 is 0.769 bits per heavy atom. The minimum atomic E-state index is -8.02. The van der Waals surface area contributed by atoms with Gasteiger partial charge in [0.05, 0.1) is 3.91 Å². The molecule has 20 heteroatoms. The molecule has 0 amide bonds. The van der Waals surface area contributed by atoms with Crippen LogP contribution < -0.4 is 18.9 Å². The normalized spacial score (nSPS) is 14.3. The van der Waals surface area contributed by atoms with Crippen molar-refractivity contribution in [1.82, 2.24) is 0 Å². The van der Waals surface area contributed by atoms with Crippen LogP contribution in [0.3, 0.4) is 0 Å². The van der Waals surface area contributed by atoms with Gasteiger partial charge in [0.25, 0.3) is 0 Å². The molecular weight excluding hydrogens is 458 g/mol. The molecule has 0 rings (SSSR count). The van der Waals surface area contributed by atoms with E-state index in [1.54, 1.807) is 6.92 Å². The number of halogens is 9. The third kappa shape index (κ3) is 6.15. The standard InChI is InChI=1S/C4F9O6S3.C2H6O.Li/c5-2(6,7)20(14,15)1(21(16,17)3(8,9)10)22(18,19)4(11,12)13;1-2-3;/h;3H,2H2,1H3;/q-1;;+1. The second kappa shape index (κ2) is 8.85. The number of sulfone groups is 3. The van der Waals surface area contributed by atoms with Crippen molar-refractivity contribution in [1.29, 1.82) is 0 Å². The van der Waals surface area contributed by atoms with Gasteiger partial charge in [-0.25, -0.2) is 0 Å². The average Bonchev–Trinajstić information content (AvgIpc) is 2.23. The molecule has 0 fully saturated rings. The smallest absolute Gasteiger partial charge is 0.397 e. The van der Waals surface area contributed by atoms with Gasteiger partial charge in [0, 0.05) is 6.61 Å². The zero-order chi connectivity index (χ0) is 21.3. The second-order valence-corrected chi connectivity index (χ2v) is 9.82. The second-order valence-electron chi connectivity index (χ2n) is 3.41. The summed E-state index contributed by atoms with van der Waals surface area (Å²) in [5.74, 6) is 0. The SMILES string of the molecule is CCO.O=S(=O)([C-](S(=O)(=O)C(F)(F)F)S(=O)(=O)C(F)(F)F)C(F)(F)F.[Li+]. The first-order valence-corrected chi connectivity index (χ1v) is 9.40. The molecule has 0 atom stereocenters. The first kappa shape index (κ1) is 30.5. The molecule has 26 heavy (non-hydrogen) atoms. The van der Waals surface area contributed by atoms with E-state index in [0.717, 1.165) is 0 Å². The fraction of sp³-hybridized carbons (Fsp3) is 0.833. The molecule has 0 radical (unpaired) electrons. The first-order chi connectivity index (χ1) is 10.5. The summed E-state index contributed by atoms with van der Waals surface area (Å²) in [5, 5.41) is 7.57. The quantitative estimate of drug-likeness (QED) is 0.298. The summed E-state index contributed by atoms with van der Waals surface area (Å²) in [5.41, 5.74) is -21.2. The van der Waals surface area contributed by atoms with Crippen molar-refractivity contribution in [2.45, 2.75) is 23.4 Å². The molecule has 0 saturated carbocycles. The van der Waals surface area contributed by atoms with Crippen molar-refractivity contribution in [3.63, 3.8) is 0 Å². The third-order valence-electron chi connectivity index (χ3n) is 1.57. The summed E-state index contributed by atoms with van der Waals surface area (Å²) in [6.07, 6.45) is 0. The summed E-state index contributed by atoms with van der Waals surface area (Å²) in [6, 6.07) is 0. The van der Waals surface area contributed by atoms with Gasteiger partial charge in [0.1, 0.15) is 0 Å². The molecule has 7 nitrogen and oxygen atoms in total. The average molecular weight is 464 g/mol. The van der Waals surface area contributed by atoms with Crippen LogP contribution in [-0.2, 0) is 29.5 Å². The van der Waals surface area contributed by atoms with Gasteiger partial charge in [-0.1, -0.05) is 0 Å². The van der Waals surface area contributed by atoms with Crippen LogP contribution in [0, 0.1) is 3.91 Å². The number of hydrogen-bond acceptors (Lipinski definition) is 7. The number of alkyl halides is 9. The van der Waals surface area contributed by atoms with Crippen LogP contribution in [0.15, 0.2) is 0 Å². The van der Waals surface area contributed by atoms with Gasteiger partial charge in [-0.15, -0.1) is 0 Å². The van der Waals surface area contributed by atoms with Gasteiger partial charge in [0.15, 0.2) is 29.5 Å². The predicted octanol–water partition coefficient (Wildman–Crippen LogP) is -1.76. The number of hydrogen-bond donors (Lipinski definition) is 1. The minimum Gasteiger partial charge on any atom is -0.397 e. The predicted molar refractivity (Wildman–Crippen MR) is 60.9 cm³/mol. The largest absolute Gasteiger partial charge is 1.00 e. The van der Waals surface area contributed by atoms with Crippen LogP contribution in [-0.4, -0.2) is 53.5 Å². The van der Waals surface area contributed by atoms with E-state index in [-0.39, 0.29) is 25.5 Å². The van der Waals surface area contributed by atoms with Gasteiger partial charge >= 0.3 is 35.4 Å². The molecule has 0 aliphatic carbocycles. The van der Waals surface area contributed by atoms with Crippen LogP contribution in [0.2, 0.25) is 0 Å². The zero-order valence-corrected chi connectivity index (χ0v) is 14.7. The van der Waals surface area contributed by atoms with Crippen molar-refractivity contribution in [2.75, 3.05) is 6.61 Å². The molecular formula is C6H6F9LiO7S3. The third-order valence-corrected chi connectivity index (χ3v) is 8.67. The topological polar surface area (TPSA) is 123 Å². The molecule has 154 valence electrons. The molecule has 1 N–H and O–H groups in total. The number of aliphatic hydroxyl groups excluding tert-OH is 1. The van der Waals surface area contributed by atoms with E-state index in [1.807, 2.05) is 0 Å². The van der Waals surface area contributed by atoms with Crippen molar-refractivity contribution < 1.29 is 88.7 Å². The molecule has 0 saturated heterocycles. The molecule has 0 aliphatic heterocycles. The molecule has 0 spiro atoms. The van der Waals surface area contributed by atoms with Gasteiger partial charge in [-0.05, 0) is 6.92 Å². The fourth-order valence-electron chi connectivity index (χ4n) is 0.717. The van der Waals surface area contributed by atoms with E-state index in [2.05, 4.69) is 0 Å². The van der Waals surface area contributed by atoms with E-state index >= 15 is 0 Å². The monoisotopic (exact) mass is 464 g/mol. The molecule has 0 bridgehead atoms. The van der Waals surface area contributed by atoms with Gasteiger partial charge in [-0.2, -0.15) is 39.5 Å². The van der Waals surface area contributed by atoms with Crippen LogP contribution in [0.5, 0.6) is 0 Å². The van der Waals surface area contributed by atoms with Crippen molar-refractivity contribution in [3.05, 3.63) is 3.91 Å². The Morgan fingerprint density at radius 3 is 0.846 bits per heavy atom. The first-order valence-electron chi connectivity index (χ1n) is 4.95. The Kier molecular flexibility index (Phi) is 10.4. The van der Waals surface area contributed by atoms with Gasteiger partial charge < -0.3 is 5.11 Å². The van der Waals surface area contributed by atoms with E-state index in [9.17, 15) is 64.8 Å². The maximum absolute atomic E-state index is 12.0. The Balaban J connectivity index is -0.00000123. The molecule has 0 heterocycles. The van der Waals surface area contributed by atoms with E-state index in [1.165, 1.54) is 0 Å². The van der Waals surface area contributed by atoms with E-state index < -0.39 is 50.0 Å². The zero-order valence-electron chi connectivity index (χ0n) is 12.2. The molecule has 0 aromatic carbocycles. The number of aliphatic hydroxyl groups is 1. The Hall–Kier alpha value is -0.223. The summed E-state index contributed by atoms with van der Waals surface area (Å²) >= 11 is 0. The summed E-state index contributed by atoms with van der Waals surface area (Å²) < 4.78 is 167. The maximum atomic E-state index is 12.0. The molecule has 0 aliphatic rings. The number of rotatable bonds is 3. The van der Waals surface area contributed by atoms with Crippen LogP contribution in [0.1, 0.15) is 6.92 Å². The molecule has 0 aromatic heterocycles. The maximum Gasteiger partial charge on any atom is 1.00 e. The van der Waals surface area contributed by atoms with Crippen molar-refractivity contribution in [2.24, 2.45) is 0 Å². The van der Waals surface area contributed by atoms with Crippen LogP contribution in [0.25, 0.3) is 0 Å². The van der Waals surface area contributed by atoms with Crippen LogP contribution in [0.4, 0.5) is 39.5 Å². The van der Waals surface area contributed by atoms with Gasteiger partial charge in [0.2, 0.25) is 0 Å². The summed E-state index contributed by atoms with van der Waals surface area (Å²) in [6.45, 7) is 1.93. The van der Waals surface area contributed by atoms with Crippen molar-refractivity contribution >= 4 is 29.5 Å². The Labute approximate surface area is 152 Å². The molecule has 0 unspecified atom stereocenters. The molecule has 0 aromatic rings.